The van der Waals surface area contributed by atoms with Crippen molar-refractivity contribution in [3.63, 3.8) is 0 Å². The smallest absolute Gasteiger partial charge is 0.158 e. The lowest BCUT2D eigenvalue weighted by molar-refractivity contribution is 0.332. The quantitative estimate of drug-likeness (QED) is 0.925. The van der Waals surface area contributed by atoms with E-state index in [2.05, 4.69) is 13.8 Å². The zero-order valence-electron chi connectivity index (χ0n) is 11.9. The summed E-state index contributed by atoms with van der Waals surface area (Å²) in [4.78, 5) is 0. The summed E-state index contributed by atoms with van der Waals surface area (Å²) in [7, 11) is -3.18. The molecule has 1 aromatic carbocycles. The maximum atomic E-state index is 12.5. The number of nitrogens with two attached hydrogens (primary N) is 1. The van der Waals surface area contributed by atoms with Crippen LogP contribution in [-0.2, 0) is 15.6 Å². The van der Waals surface area contributed by atoms with E-state index in [-0.39, 0.29) is 17.2 Å². The first-order valence-corrected chi connectivity index (χ1v) is 8.47. The Kier molecular flexibility index (Phi) is 3.76. The Hall–Kier alpha value is -0.870. The third-order valence-electron chi connectivity index (χ3n) is 4.29. The molecule has 106 valence electrons. The summed E-state index contributed by atoms with van der Waals surface area (Å²) in [5.74, 6) is 0.100. The number of sulfone groups is 1. The van der Waals surface area contributed by atoms with E-state index < -0.39 is 15.1 Å². The average Bonchev–Trinajstić information content (AvgIpc) is 2.54. The fraction of sp³-hybridized carbons (Fsp3) is 0.600. The molecule has 0 aromatic heterocycles. The molecule has 0 saturated heterocycles. The zero-order chi connectivity index (χ0) is 14.3. The van der Waals surface area contributed by atoms with Gasteiger partial charge in [0.2, 0.25) is 0 Å². The molecule has 2 unspecified atom stereocenters. The minimum atomic E-state index is -3.18. The van der Waals surface area contributed by atoms with Crippen molar-refractivity contribution in [2.45, 2.75) is 50.7 Å². The second-order valence-electron chi connectivity index (χ2n) is 6.39. The Morgan fingerprint density at radius 1 is 1.37 bits per heavy atom. The maximum Gasteiger partial charge on any atom is 0.158 e. The lowest BCUT2D eigenvalue weighted by Crippen LogP contribution is -2.43. The van der Waals surface area contributed by atoms with Gasteiger partial charge in [-0.3, -0.25) is 0 Å². The van der Waals surface area contributed by atoms with Crippen molar-refractivity contribution in [1.82, 2.24) is 0 Å². The van der Waals surface area contributed by atoms with Crippen LogP contribution < -0.4 is 5.73 Å². The van der Waals surface area contributed by atoms with Crippen LogP contribution in [0.3, 0.4) is 0 Å². The van der Waals surface area contributed by atoms with Crippen molar-refractivity contribution in [3.05, 3.63) is 35.4 Å². The van der Waals surface area contributed by atoms with Crippen LogP contribution in [0, 0.1) is 12.3 Å². The van der Waals surface area contributed by atoms with Gasteiger partial charge in [0.05, 0.1) is 11.0 Å². The Labute approximate surface area is 116 Å². The van der Waals surface area contributed by atoms with Gasteiger partial charge in [0.25, 0.3) is 0 Å². The van der Waals surface area contributed by atoms with Crippen LogP contribution in [0.4, 0.5) is 0 Å². The molecule has 2 atom stereocenters. The molecule has 19 heavy (non-hydrogen) atoms. The van der Waals surface area contributed by atoms with Gasteiger partial charge >= 0.3 is 0 Å². The van der Waals surface area contributed by atoms with Crippen LogP contribution in [-0.4, -0.2) is 19.7 Å². The molecule has 1 fully saturated rings. The highest BCUT2D eigenvalue weighted by Gasteiger charge is 2.45. The minimum absolute atomic E-state index is 0.0790. The molecule has 3 nitrogen and oxygen atoms in total. The predicted octanol–water partition coefficient (Wildman–Crippen LogP) is 2.43. The average molecular weight is 281 g/mol. The van der Waals surface area contributed by atoms with E-state index in [9.17, 15) is 8.42 Å². The van der Waals surface area contributed by atoms with E-state index in [1.807, 2.05) is 31.2 Å². The Morgan fingerprint density at radius 3 is 2.58 bits per heavy atom. The first-order valence-electron chi connectivity index (χ1n) is 6.75. The number of aryl methyl sites for hydroxylation is 1. The maximum absolute atomic E-state index is 12.5. The highest BCUT2D eigenvalue weighted by molar-refractivity contribution is 7.91. The van der Waals surface area contributed by atoms with E-state index in [1.54, 1.807) is 0 Å². The SMILES string of the molecule is Cc1cccc(CS(=O)(=O)C2CCC(C)(C)C2N)c1. The van der Waals surface area contributed by atoms with Gasteiger partial charge in [-0.15, -0.1) is 0 Å². The third kappa shape index (κ3) is 3.00. The second kappa shape index (κ2) is 4.91. The van der Waals surface area contributed by atoms with Gasteiger partial charge in [-0.25, -0.2) is 8.42 Å². The van der Waals surface area contributed by atoms with Gasteiger partial charge in [-0.05, 0) is 30.7 Å². The second-order valence-corrected chi connectivity index (χ2v) is 8.61. The van der Waals surface area contributed by atoms with Gasteiger partial charge in [0, 0.05) is 6.04 Å². The standard InChI is InChI=1S/C15H23NO2S/c1-11-5-4-6-12(9-11)10-19(17,18)13-7-8-15(2,3)14(13)16/h4-6,9,13-14H,7-8,10,16H2,1-3H3. The molecule has 0 amide bonds. The first-order chi connectivity index (χ1) is 8.72. The van der Waals surface area contributed by atoms with Gasteiger partial charge in [0.1, 0.15) is 0 Å². The molecule has 0 radical (unpaired) electrons. The summed E-state index contributed by atoms with van der Waals surface area (Å²) in [6.45, 7) is 6.08. The molecule has 1 aliphatic rings. The fourth-order valence-electron chi connectivity index (χ4n) is 2.91. The van der Waals surface area contributed by atoms with Crippen molar-refractivity contribution in [1.29, 1.82) is 0 Å². The molecule has 1 aromatic rings. The van der Waals surface area contributed by atoms with E-state index in [1.165, 1.54) is 0 Å². The van der Waals surface area contributed by atoms with Crippen molar-refractivity contribution >= 4 is 9.84 Å². The lowest BCUT2D eigenvalue weighted by Gasteiger charge is -2.26. The van der Waals surface area contributed by atoms with Crippen LogP contribution in [0.2, 0.25) is 0 Å². The minimum Gasteiger partial charge on any atom is -0.326 e. The van der Waals surface area contributed by atoms with Crippen LogP contribution in [0.25, 0.3) is 0 Å². The number of benzene rings is 1. The Morgan fingerprint density at radius 2 is 2.05 bits per heavy atom. The van der Waals surface area contributed by atoms with Gasteiger partial charge in [-0.1, -0.05) is 43.7 Å². The molecule has 4 heteroatoms. The molecule has 2 rings (SSSR count). The van der Waals surface area contributed by atoms with Crippen LogP contribution in [0.1, 0.15) is 37.8 Å². The Bertz CT molecular complexity index is 563. The number of hydrogen-bond donors (Lipinski definition) is 1. The first kappa shape index (κ1) is 14.5. The highest BCUT2D eigenvalue weighted by Crippen LogP contribution is 2.40. The van der Waals surface area contributed by atoms with Gasteiger partial charge in [-0.2, -0.15) is 0 Å². The Balaban J connectivity index is 2.20. The van der Waals surface area contributed by atoms with Crippen molar-refractivity contribution in [2.24, 2.45) is 11.1 Å². The van der Waals surface area contributed by atoms with Crippen molar-refractivity contribution in [3.8, 4) is 0 Å². The molecule has 0 spiro atoms. The molecule has 0 aliphatic heterocycles. The monoisotopic (exact) mass is 281 g/mol. The topological polar surface area (TPSA) is 60.2 Å². The van der Waals surface area contributed by atoms with Gasteiger partial charge in [0.15, 0.2) is 9.84 Å². The largest absolute Gasteiger partial charge is 0.326 e. The van der Waals surface area contributed by atoms with E-state index in [4.69, 9.17) is 5.73 Å². The van der Waals surface area contributed by atoms with Crippen LogP contribution in [0.5, 0.6) is 0 Å². The van der Waals surface area contributed by atoms with Crippen LogP contribution >= 0.6 is 0 Å². The molecule has 1 saturated carbocycles. The van der Waals surface area contributed by atoms with Crippen molar-refractivity contribution < 1.29 is 8.42 Å². The molecular formula is C15H23NO2S. The number of rotatable bonds is 3. The van der Waals surface area contributed by atoms with Crippen molar-refractivity contribution in [2.75, 3.05) is 0 Å². The third-order valence-corrected chi connectivity index (χ3v) is 6.47. The molecule has 1 aliphatic carbocycles. The highest BCUT2D eigenvalue weighted by atomic mass is 32.2. The van der Waals surface area contributed by atoms with E-state index in [0.29, 0.717) is 6.42 Å². The summed E-state index contributed by atoms with van der Waals surface area (Å²) in [5, 5.41) is -0.400. The van der Waals surface area contributed by atoms with E-state index in [0.717, 1.165) is 17.5 Å². The summed E-state index contributed by atoms with van der Waals surface area (Å²) in [6, 6.07) is 7.42. The van der Waals surface area contributed by atoms with Crippen LogP contribution in [0.15, 0.2) is 24.3 Å². The normalized spacial score (nSPS) is 26.5. The summed E-state index contributed by atoms with van der Waals surface area (Å²) >= 11 is 0. The summed E-state index contributed by atoms with van der Waals surface area (Å²) in [5.41, 5.74) is 8.01. The number of hydrogen-bond acceptors (Lipinski definition) is 3. The molecular weight excluding hydrogens is 258 g/mol. The molecule has 0 heterocycles. The molecule has 2 N–H and O–H groups in total. The summed E-state index contributed by atoms with van der Waals surface area (Å²) < 4.78 is 25.1. The summed E-state index contributed by atoms with van der Waals surface area (Å²) in [6.07, 6.45) is 1.56. The zero-order valence-corrected chi connectivity index (χ0v) is 12.7. The van der Waals surface area contributed by atoms with E-state index >= 15 is 0 Å². The molecule has 0 bridgehead atoms. The van der Waals surface area contributed by atoms with Gasteiger partial charge < -0.3 is 5.73 Å². The predicted molar refractivity (Wildman–Crippen MR) is 78.6 cm³/mol. The lowest BCUT2D eigenvalue weighted by atomic mass is 9.88. The fourth-order valence-corrected chi connectivity index (χ4v) is 5.06.